The minimum Gasteiger partial charge on any atom is -0.276 e. The lowest BCUT2D eigenvalue weighted by molar-refractivity contribution is -0.107. The minimum atomic E-state index is -0.624. The Morgan fingerprint density at radius 2 is 2.43 bits per heavy atom. The van der Waals surface area contributed by atoms with Crippen LogP contribution in [0.4, 0.5) is 0 Å². The van der Waals surface area contributed by atoms with E-state index in [1.165, 1.54) is 0 Å². The second-order valence-electron chi connectivity index (χ2n) is 0.767. The Hall–Kier alpha value is -0.810. The zero-order chi connectivity index (χ0) is 5.70. The van der Waals surface area contributed by atoms with E-state index in [1.807, 2.05) is 0 Å². The number of allylic oxidation sites excluding steroid dienone is 2. The fourth-order valence-corrected chi connectivity index (χ4v) is 0.166. The molecule has 3 heteroatoms. The predicted octanol–water partition coefficient (Wildman–Crippen LogP) is 0.832. The Balaban J connectivity index is 3.53. The average molecular weight is 116 g/mol. The molecule has 0 heterocycles. The summed E-state index contributed by atoms with van der Waals surface area (Å²) in [6.45, 7) is 0. The summed E-state index contributed by atoms with van der Waals surface area (Å²) >= 11 is 4.78. The summed E-state index contributed by atoms with van der Waals surface area (Å²) in [7, 11) is 0. The van der Waals surface area contributed by atoms with E-state index in [2.05, 4.69) is 0 Å². The van der Waals surface area contributed by atoms with E-state index < -0.39 is 5.24 Å². The van der Waals surface area contributed by atoms with Gasteiger partial charge in [-0.2, -0.15) is 5.26 Å². The summed E-state index contributed by atoms with van der Waals surface area (Å²) in [5.41, 5.74) is 0. The highest BCUT2D eigenvalue weighted by molar-refractivity contribution is 6.66. The van der Waals surface area contributed by atoms with Gasteiger partial charge in [0.2, 0.25) is 5.24 Å². The van der Waals surface area contributed by atoms with Crippen molar-refractivity contribution in [2.24, 2.45) is 0 Å². The number of halogens is 1. The molecule has 0 spiro atoms. The second-order valence-corrected chi connectivity index (χ2v) is 1.14. The quantitative estimate of drug-likeness (QED) is 0.289. The maximum Gasteiger partial charge on any atom is 0.245 e. The molecule has 7 heavy (non-hydrogen) atoms. The third-order valence-corrected chi connectivity index (χ3v) is 0.415. The molecule has 0 radical (unpaired) electrons. The average Bonchev–Trinajstić information content (AvgIpc) is 1.61. The molecule has 0 aliphatic rings. The van der Waals surface area contributed by atoms with Crippen molar-refractivity contribution in [3.05, 3.63) is 12.2 Å². The molecule has 0 amide bonds. The van der Waals surface area contributed by atoms with Crippen LogP contribution in [0.3, 0.4) is 0 Å². The lowest BCUT2D eigenvalue weighted by Gasteiger charge is -1.63. The maximum absolute atomic E-state index is 9.73. The summed E-state index contributed by atoms with van der Waals surface area (Å²) in [5.74, 6) is 0. The molecule has 0 aliphatic carbocycles. The van der Waals surface area contributed by atoms with Crippen molar-refractivity contribution in [3.8, 4) is 6.07 Å². The highest BCUT2D eigenvalue weighted by Gasteiger charge is 1.79. The van der Waals surface area contributed by atoms with E-state index in [0.717, 1.165) is 12.2 Å². The smallest absolute Gasteiger partial charge is 0.245 e. The van der Waals surface area contributed by atoms with Crippen molar-refractivity contribution < 1.29 is 4.79 Å². The summed E-state index contributed by atoms with van der Waals surface area (Å²) in [6.07, 6.45) is 2.01. The molecule has 0 aromatic heterocycles. The maximum atomic E-state index is 9.73. The third kappa shape index (κ3) is 5.19. The van der Waals surface area contributed by atoms with Crippen molar-refractivity contribution in [1.29, 1.82) is 5.26 Å². The van der Waals surface area contributed by atoms with Crippen LogP contribution < -0.4 is 0 Å². The molecular formula is C4H2ClNO. The van der Waals surface area contributed by atoms with Gasteiger partial charge in [-0.3, -0.25) is 4.79 Å². The van der Waals surface area contributed by atoms with E-state index in [4.69, 9.17) is 16.9 Å². The number of rotatable bonds is 1. The van der Waals surface area contributed by atoms with Crippen LogP contribution in [0.15, 0.2) is 12.2 Å². The lowest BCUT2D eigenvalue weighted by Crippen LogP contribution is -1.71. The van der Waals surface area contributed by atoms with Crippen molar-refractivity contribution in [2.45, 2.75) is 0 Å². The first-order valence-corrected chi connectivity index (χ1v) is 1.91. The molecule has 0 atom stereocenters. The Bertz CT molecular complexity index is 133. The van der Waals surface area contributed by atoms with Crippen LogP contribution in [0.5, 0.6) is 0 Å². The molecule has 0 saturated carbocycles. The Morgan fingerprint density at radius 3 is 2.57 bits per heavy atom. The molecule has 2 nitrogen and oxygen atoms in total. The van der Waals surface area contributed by atoms with Gasteiger partial charge in [0.15, 0.2) is 0 Å². The first-order chi connectivity index (χ1) is 3.27. The van der Waals surface area contributed by atoms with Crippen LogP contribution in [0.2, 0.25) is 0 Å². The van der Waals surface area contributed by atoms with Gasteiger partial charge in [0.1, 0.15) is 0 Å². The molecule has 0 unspecified atom stereocenters. The van der Waals surface area contributed by atoms with Gasteiger partial charge in [0.25, 0.3) is 0 Å². The molecule has 0 aliphatic heterocycles. The molecular weight excluding hydrogens is 114 g/mol. The molecule has 0 bridgehead atoms. The summed E-state index contributed by atoms with van der Waals surface area (Å²) in [5, 5.41) is 7.14. The van der Waals surface area contributed by atoms with E-state index in [1.54, 1.807) is 6.07 Å². The zero-order valence-corrected chi connectivity index (χ0v) is 4.14. The first kappa shape index (κ1) is 6.19. The largest absolute Gasteiger partial charge is 0.276 e. The van der Waals surface area contributed by atoms with E-state index in [-0.39, 0.29) is 0 Å². The van der Waals surface area contributed by atoms with E-state index in [0.29, 0.717) is 0 Å². The number of nitriles is 1. The minimum absolute atomic E-state index is 0.624. The fourth-order valence-electron chi connectivity index (χ4n) is 0.103. The van der Waals surface area contributed by atoms with Gasteiger partial charge >= 0.3 is 0 Å². The number of carbonyl (C=O) groups is 1. The van der Waals surface area contributed by atoms with Gasteiger partial charge in [0.05, 0.1) is 6.07 Å². The molecule has 0 aromatic carbocycles. The summed E-state index contributed by atoms with van der Waals surface area (Å²) < 4.78 is 0. The number of nitrogens with zero attached hydrogens (tertiary/aromatic N) is 1. The van der Waals surface area contributed by atoms with Crippen LogP contribution >= 0.6 is 11.6 Å². The monoisotopic (exact) mass is 115 g/mol. The second kappa shape index (κ2) is 3.38. The number of hydrogen-bond acceptors (Lipinski definition) is 2. The molecule has 0 rings (SSSR count). The van der Waals surface area contributed by atoms with Gasteiger partial charge in [-0.05, 0) is 11.6 Å². The van der Waals surface area contributed by atoms with Crippen molar-refractivity contribution in [1.82, 2.24) is 0 Å². The molecule has 0 saturated heterocycles. The van der Waals surface area contributed by atoms with Crippen molar-refractivity contribution in [2.75, 3.05) is 0 Å². The summed E-state index contributed by atoms with van der Waals surface area (Å²) in [6, 6.07) is 1.61. The Morgan fingerprint density at radius 1 is 1.86 bits per heavy atom. The molecule has 36 valence electrons. The number of hydrogen-bond donors (Lipinski definition) is 0. The fraction of sp³-hybridized carbons (Fsp3) is 0. The zero-order valence-electron chi connectivity index (χ0n) is 3.39. The summed E-state index contributed by atoms with van der Waals surface area (Å²) in [4.78, 5) is 9.73. The van der Waals surface area contributed by atoms with Gasteiger partial charge in [0, 0.05) is 12.2 Å². The van der Waals surface area contributed by atoms with Crippen LogP contribution in [0, 0.1) is 11.3 Å². The van der Waals surface area contributed by atoms with Gasteiger partial charge in [-0.25, -0.2) is 0 Å². The highest BCUT2D eigenvalue weighted by atomic mass is 35.5. The first-order valence-electron chi connectivity index (χ1n) is 1.53. The van der Waals surface area contributed by atoms with Gasteiger partial charge in [-0.15, -0.1) is 0 Å². The number of carbonyl (C=O) groups excluding carboxylic acids is 1. The van der Waals surface area contributed by atoms with E-state index in [9.17, 15) is 4.79 Å². The standard InChI is InChI=1S/C4H2ClNO/c5-4(7)2-1-3-6/h1-2H. The Kier molecular flexibility index (Phi) is 2.99. The van der Waals surface area contributed by atoms with Crippen LogP contribution in [0.1, 0.15) is 0 Å². The lowest BCUT2D eigenvalue weighted by atomic mass is 10.6. The molecule has 0 fully saturated rings. The van der Waals surface area contributed by atoms with E-state index >= 15 is 0 Å². The highest BCUT2D eigenvalue weighted by Crippen LogP contribution is 1.79. The normalized spacial score (nSPS) is 8.57. The van der Waals surface area contributed by atoms with Gasteiger partial charge < -0.3 is 0 Å². The van der Waals surface area contributed by atoms with Crippen LogP contribution in [-0.2, 0) is 4.79 Å². The van der Waals surface area contributed by atoms with Crippen LogP contribution in [0.25, 0.3) is 0 Å². The topological polar surface area (TPSA) is 40.9 Å². The molecule has 0 N–H and O–H groups in total. The van der Waals surface area contributed by atoms with Crippen molar-refractivity contribution in [3.63, 3.8) is 0 Å². The third-order valence-electron chi connectivity index (χ3n) is 0.289. The predicted molar refractivity (Wildman–Crippen MR) is 25.6 cm³/mol. The SMILES string of the molecule is N#CC=CC(=O)Cl. The van der Waals surface area contributed by atoms with Gasteiger partial charge in [-0.1, -0.05) is 0 Å². The molecule has 0 aromatic rings. The van der Waals surface area contributed by atoms with Crippen LogP contribution in [-0.4, -0.2) is 5.24 Å². The van der Waals surface area contributed by atoms with Crippen molar-refractivity contribution >= 4 is 16.8 Å². The Labute approximate surface area is 46.0 Å².